The molecular weight excluding hydrogens is 768 g/mol. The molecule has 4 aliphatic rings. The number of halogens is 1. The van der Waals surface area contributed by atoms with Crippen LogP contribution in [0.15, 0.2) is 53.1 Å². The number of esters is 1. The molecule has 0 fully saturated rings. The normalized spacial score (nSPS) is 31.3. The molecule has 15 heteroatoms. The number of nitrogens with one attached hydrogen (secondary N) is 1. The number of phenols is 1. The number of aliphatic hydroxyl groups is 2. The third kappa shape index (κ3) is 8.49. The summed E-state index contributed by atoms with van der Waals surface area (Å²) in [6.45, 7) is 12.8. The van der Waals surface area contributed by atoms with Crippen molar-refractivity contribution in [3.8, 4) is 11.5 Å². The Morgan fingerprint density at radius 2 is 1.70 bits per heavy atom. The molecule has 5 bridgehead atoms. The first-order valence-corrected chi connectivity index (χ1v) is 18.7. The molecular formula is C39H49BrN2O12. The minimum Gasteiger partial charge on any atom is -0.507 e. The summed E-state index contributed by atoms with van der Waals surface area (Å²) in [4.78, 5) is 58.8. The highest BCUT2D eigenvalue weighted by atomic mass is 79.9. The molecule has 4 N–H and O–H groups in total. The van der Waals surface area contributed by atoms with E-state index in [4.69, 9.17) is 23.8 Å². The van der Waals surface area contributed by atoms with Crippen molar-refractivity contribution >= 4 is 45.1 Å². The van der Waals surface area contributed by atoms with Gasteiger partial charge in [-0.2, -0.15) is 0 Å². The van der Waals surface area contributed by atoms with Crippen molar-refractivity contribution in [3.05, 3.63) is 70.2 Å². The van der Waals surface area contributed by atoms with Crippen molar-refractivity contribution in [1.82, 2.24) is 5.32 Å². The van der Waals surface area contributed by atoms with Gasteiger partial charge in [-0.15, -0.1) is 0 Å². The molecule has 1 aromatic carbocycles. The first-order valence-electron chi connectivity index (χ1n) is 17.6. The summed E-state index contributed by atoms with van der Waals surface area (Å²) in [6.07, 6.45) is 4.74. The van der Waals surface area contributed by atoms with E-state index in [0.29, 0.717) is 5.33 Å². The molecule has 0 saturated heterocycles. The van der Waals surface area contributed by atoms with Crippen molar-refractivity contribution in [2.24, 2.45) is 28.8 Å². The van der Waals surface area contributed by atoms with Gasteiger partial charge in [0.2, 0.25) is 5.78 Å². The number of nitrogens with zero attached hydrogens (tertiary/aromatic N) is 1. The lowest BCUT2D eigenvalue weighted by Crippen LogP contribution is -2.46. The number of rotatable bonds is 5. The lowest BCUT2D eigenvalue weighted by Gasteiger charge is -2.38. The Balaban J connectivity index is 1.90. The second-order valence-corrected chi connectivity index (χ2v) is 14.8. The van der Waals surface area contributed by atoms with Crippen molar-refractivity contribution in [2.75, 3.05) is 19.0 Å². The number of aliphatic hydroxyl groups excluding tert-OH is 2. The molecule has 0 saturated carbocycles. The van der Waals surface area contributed by atoms with Gasteiger partial charge in [-0.3, -0.25) is 19.2 Å². The minimum atomic E-state index is -1.77. The summed E-state index contributed by atoms with van der Waals surface area (Å²) < 4.78 is 24.0. The Labute approximate surface area is 323 Å². The molecule has 3 aliphatic heterocycles. The Morgan fingerprint density at radius 1 is 1.02 bits per heavy atom. The fourth-order valence-corrected chi connectivity index (χ4v) is 7.05. The molecule has 54 heavy (non-hydrogen) atoms. The predicted molar refractivity (Wildman–Crippen MR) is 201 cm³/mol. The lowest BCUT2D eigenvalue weighted by molar-refractivity contribution is -0.160. The zero-order valence-electron chi connectivity index (χ0n) is 31.8. The van der Waals surface area contributed by atoms with E-state index in [1.165, 1.54) is 47.1 Å². The molecule has 294 valence electrons. The fourth-order valence-electron chi connectivity index (χ4n) is 6.91. The molecule has 0 radical (unpaired) electrons. The third-order valence-electron chi connectivity index (χ3n) is 10.2. The highest BCUT2D eigenvalue weighted by Gasteiger charge is 2.51. The number of aromatic hydroxyl groups is 1. The monoisotopic (exact) mass is 816 g/mol. The quantitative estimate of drug-likeness (QED) is 0.140. The maximum absolute atomic E-state index is 13.9. The first-order chi connectivity index (χ1) is 25.4. The van der Waals surface area contributed by atoms with Gasteiger partial charge in [-0.25, -0.2) is 0 Å². The molecule has 3 heterocycles. The smallest absolute Gasteiger partial charge is 0.302 e. The zero-order valence-corrected chi connectivity index (χ0v) is 33.4. The van der Waals surface area contributed by atoms with E-state index in [2.05, 4.69) is 26.4 Å². The third-order valence-corrected chi connectivity index (χ3v) is 10.5. The molecule has 1 amide bonds. The van der Waals surface area contributed by atoms with E-state index >= 15 is 0 Å². The van der Waals surface area contributed by atoms with Gasteiger partial charge in [-0.1, -0.05) is 67.0 Å². The molecule has 14 nitrogen and oxygen atoms in total. The summed E-state index contributed by atoms with van der Waals surface area (Å²) in [5.74, 6) is -7.44. The van der Waals surface area contributed by atoms with Crippen molar-refractivity contribution in [3.63, 3.8) is 0 Å². The van der Waals surface area contributed by atoms with Gasteiger partial charge in [0.15, 0.2) is 11.5 Å². The van der Waals surface area contributed by atoms with Crippen LogP contribution in [0, 0.1) is 30.6 Å². The first kappa shape index (κ1) is 42.4. The number of amides is 1. The molecule has 9 atom stereocenters. The van der Waals surface area contributed by atoms with Crippen LogP contribution < -0.4 is 10.1 Å². The number of Topliss-reactive ketones (excluding diaryl/α,β-unsaturated/α-hetero) is 1. The summed E-state index contributed by atoms with van der Waals surface area (Å²) >= 11 is 3.29. The summed E-state index contributed by atoms with van der Waals surface area (Å²) in [5, 5.41) is 41.2. The Morgan fingerprint density at radius 3 is 2.33 bits per heavy atom. The number of allylic oxidation sites excluding steroid dienone is 4. The average molecular weight is 818 g/mol. The molecule has 1 aromatic rings. The van der Waals surface area contributed by atoms with Crippen LogP contribution in [0.2, 0.25) is 0 Å². The topological polar surface area (TPSA) is 200 Å². The number of phenolic OH excluding ortho intramolecular Hbond substituents is 1. The Bertz CT molecular complexity index is 1820. The predicted octanol–water partition coefficient (Wildman–Crippen LogP) is 4.56. The van der Waals surface area contributed by atoms with Gasteiger partial charge in [0.05, 0.1) is 47.0 Å². The Kier molecular flexibility index (Phi) is 13.7. The number of ether oxygens (including phenoxy) is 4. The highest BCUT2D eigenvalue weighted by Crippen LogP contribution is 2.48. The van der Waals surface area contributed by atoms with Crippen LogP contribution in [-0.2, 0) is 28.6 Å². The number of fused-ring (bicyclic) bond motifs is 14. The summed E-state index contributed by atoms with van der Waals surface area (Å²) in [7, 11) is 1.46. The second-order valence-electron chi connectivity index (χ2n) is 14.0. The van der Waals surface area contributed by atoms with Gasteiger partial charge in [-0.05, 0) is 19.9 Å². The van der Waals surface area contributed by atoms with Crippen LogP contribution in [0.25, 0.3) is 0 Å². The molecule has 0 aromatic heterocycles. The molecule has 0 spiro atoms. The van der Waals surface area contributed by atoms with Crippen LogP contribution in [0.4, 0.5) is 0 Å². The molecule has 5 rings (SSSR count). The van der Waals surface area contributed by atoms with Gasteiger partial charge >= 0.3 is 5.97 Å². The van der Waals surface area contributed by atoms with Gasteiger partial charge in [0.25, 0.3) is 11.7 Å². The number of hydrogen-bond donors (Lipinski definition) is 4. The summed E-state index contributed by atoms with van der Waals surface area (Å²) in [6, 6.07) is 0. The van der Waals surface area contributed by atoms with Gasteiger partial charge < -0.3 is 44.4 Å². The maximum Gasteiger partial charge on any atom is 0.302 e. The number of alkyl halides is 1. The zero-order chi connectivity index (χ0) is 40.2. The van der Waals surface area contributed by atoms with E-state index in [1.807, 2.05) is 0 Å². The van der Waals surface area contributed by atoms with Crippen LogP contribution in [-0.4, -0.2) is 93.7 Å². The highest BCUT2D eigenvalue weighted by molar-refractivity contribution is 9.09. The van der Waals surface area contributed by atoms with Crippen LogP contribution in [0.1, 0.15) is 80.3 Å². The van der Waals surface area contributed by atoms with Crippen molar-refractivity contribution in [1.29, 1.82) is 0 Å². The van der Waals surface area contributed by atoms with Crippen molar-refractivity contribution < 1.29 is 58.3 Å². The van der Waals surface area contributed by atoms with Gasteiger partial charge in [0.1, 0.15) is 24.2 Å². The molecule has 1 aliphatic carbocycles. The number of oxime groups is 1. The number of ketones is 2. The van der Waals surface area contributed by atoms with Crippen LogP contribution in [0.5, 0.6) is 11.5 Å². The van der Waals surface area contributed by atoms with E-state index in [1.54, 1.807) is 45.9 Å². The standard InChI is InChI=1S/C39H49BrN2O12/c1-18-11-10-12-19(2)38(49)41-25-17-26(44)28-29(34(25)48)33(47)23(6)36-30(28)37(42-52-16-14-40)39(8,54-36)51-15-13-27(50-9)20(3)35(53-24(7)43)22(5)32(46)21(4)31(18)45/h10-13,15,17-18,20-22,27,31-32,35,45-47H,14,16H2,1-9H3,(H,41,49)/t18-,20+,21+,22+,27-,31-,32+,35+,39-/m0/s1. The van der Waals surface area contributed by atoms with E-state index < -0.39 is 83.1 Å². The average Bonchev–Trinajstić information content (AvgIpc) is 3.42. The number of carbonyl (C=O) groups excluding carboxylic acids is 4. The fraction of sp³-hybridized carbons (Fsp3) is 0.513. The largest absolute Gasteiger partial charge is 0.507 e. The maximum atomic E-state index is 13.9. The van der Waals surface area contributed by atoms with E-state index in [-0.39, 0.29) is 51.6 Å². The SMILES string of the molecule is CO[C@H]1C=CO[C@@]2(C)Oc3c(C)c(O)c4c(c3C2=NOCCBr)C(=O)C=C(NC(=O)C(C)=CC=C[C@H](C)[C@H](O)[C@@H](C)[C@@H](O)[C@@H](C)[C@H](OC(C)=O)[C@@H]1C)C4=O. The van der Waals surface area contributed by atoms with Crippen LogP contribution >= 0.6 is 15.9 Å². The van der Waals surface area contributed by atoms with E-state index in [9.17, 15) is 34.5 Å². The Hall–Kier alpha value is -4.31. The lowest BCUT2D eigenvalue weighted by atomic mass is 9.78. The van der Waals surface area contributed by atoms with Gasteiger partial charge in [0, 0.05) is 67.2 Å². The van der Waals surface area contributed by atoms with E-state index in [0.717, 1.165) is 6.08 Å². The number of carbonyl (C=O) groups is 4. The number of hydrogen-bond acceptors (Lipinski definition) is 13. The van der Waals surface area contributed by atoms with Crippen LogP contribution in [0.3, 0.4) is 0 Å². The number of methoxy groups -OCH3 is 1. The minimum absolute atomic E-state index is 0.0113. The summed E-state index contributed by atoms with van der Waals surface area (Å²) in [5.41, 5.74) is -0.562. The molecule has 0 unspecified atom stereocenters. The second kappa shape index (κ2) is 17.4. The van der Waals surface area contributed by atoms with Crippen molar-refractivity contribution in [2.45, 2.75) is 85.6 Å². The number of benzene rings is 1.